The summed E-state index contributed by atoms with van der Waals surface area (Å²) < 4.78 is 0. The second-order valence-electron chi connectivity index (χ2n) is 4.21. The average molecular weight is 225 g/mol. The third-order valence-corrected chi connectivity index (χ3v) is 2.96. The Morgan fingerprint density at radius 3 is 2.38 bits per heavy atom. The molecule has 90 valence electrons. The largest absolute Gasteiger partial charge is 0.303 e. The highest BCUT2D eigenvalue weighted by Crippen LogP contribution is 2.20. The summed E-state index contributed by atoms with van der Waals surface area (Å²) >= 11 is 0. The van der Waals surface area contributed by atoms with E-state index >= 15 is 0 Å². The third kappa shape index (κ3) is 3.15. The molecular weight excluding hydrogens is 206 g/mol. The molecule has 1 heterocycles. The van der Waals surface area contributed by atoms with Gasteiger partial charge in [0.2, 0.25) is 11.8 Å². The molecule has 4 nitrogen and oxygen atoms in total. The van der Waals surface area contributed by atoms with Crippen molar-refractivity contribution in [2.45, 2.75) is 57.9 Å². The number of unbranched alkanes of at least 4 members (excludes halogenated alkanes) is 2. The van der Waals surface area contributed by atoms with Crippen molar-refractivity contribution in [3.05, 3.63) is 0 Å². The number of likely N-dealkylation sites (tertiary alicyclic amines) is 1. The van der Waals surface area contributed by atoms with Crippen LogP contribution in [0, 0.1) is 0 Å². The molecule has 1 aliphatic heterocycles. The summed E-state index contributed by atoms with van der Waals surface area (Å²) in [5, 5.41) is 0. The van der Waals surface area contributed by atoms with E-state index in [9.17, 15) is 14.4 Å². The number of carbonyl (C=O) groups is 3. The second-order valence-corrected chi connectivity index (χ2v) is 4.21. The van der Waals surface area contributed by atoms with E-state index in [2.05, 4.69) is 6.92 Å². The van der Waals surface area contributed by atoms with Gasteiger partial charge in [0.05, 0.1) is 0 Å². The zero-order valence-electron chi connectivity index (χ0n) is 9.78. The molecule has 1 saturated heterocycles. The maximum Gasteiger partial charge on any atom is 0.229 e. The van der Waals surface area contributed by atoms with Crippen molar-refractivity contribution in [3.63, 3.8) is 0 Å². The first-order chi connectivity index (χ1) is 7.70. The van der Waals surface area contributed by atoms with Crippen molar-refractivity contribution < 1.29 is 14.4 Å². The second kappa shape index (κ2) is 6.40. The van der Waals surface area contributed by atoms with Crippen molar-refractivity contribution >= 4 is 18.1 Å². The van der Waals surface area contributed by atoms with Crippen LogP contribution < -0.4 is 0 Å². The molecule has 0 saturated carbocycles. The minimum absolute atomic E-state index is 0.117. The number of nitrogens with zero attached hydrogens (tertiary/aromatic N) is 1. The molecule has 1 aliphatic rings. The number of imide groups is 1. The van der Waals surface area contributed by atoms with E-state index < -0.39 is 0 Å². The van der Waals surface area contributed by atoms with Crippen LogP contribution in [0.3, 0.4) is 0 Å². The molecule has 0 spiro atoms. The predicted molar refractivity (Wildman–Crippen MR) is 59.7 cm³/mol. The van der Waals surface area contributed by atoms with E-state index in [4.69, 9.17) is 0 Å². The molecule has 16 heavy (non-hydrogen) atoms. The van der Waals surface area contributed by atoms with Crippen molar-refractivity contribution in [1.29, 1.82) is 0 Å². The highest BCUT2D eigenvalue weighted by Gasteiger charge is 2.34. The monoisotopic (exact) mass is 225 g/mol. The molecule has 2 amide bonds. The van der Waals surface area contributed by atoms with Gasteiger partial charge in [-0.25, -0.2) is 0 Å². The van der Waals surface area contributed by atoms with E-state index in [1.165, 1.54) is 4.90 Å². The summed E-state index contributed by atoms with van der Waals surface area (Å²) in [5.41, 5.74) is 0. The number of hydrogen-bond acceptors (Lipinski definition) is 3. The average Bonchev–Trinajstić information content (AvgIpc) is 2.58. The molecule has 0 N–H and O–H groups in total. The summed E-state index contributed by atoms with van der Waals surface area (Å²) in [6, 6.07) is -0.202. The molecule has 0 aliphatic carbocycles. The Hall–Kier alpha value is -1.19. The van der Waals surface area contributed by atoms with E-state index in [1.54, 1.807) is 0 Å². The quantitative estimate of drug-likeness (QED) is 0.376. The van der Waals surface area contributed by atoms with E-state index in [-0.39, 0.29) is 24.3 Å². The number of rotatable bonds is 7. The lowest BCUT2D eigenvalue weighted by molar-refractivity contribution is -0.141. The Bertz CT molecular complexity index is 259. The predicted octanol–water partition coefficient (Wildman–Crippen LogP) is 1.67. The number of carbonyl (C=O) groups excluding carboxylic acids is 3. The number of hydrogen-bond donors (Lipinski definition) is 0. The van der Waals surface area contributed by atoms with Crippen molar-refractivity contribution in [3.8, 4) is 0 Å². The van der Waals surface area contributed by atoms with Gasteiger partial charge in [0.15, 0.2) is 0 Å². The fourth-order valence-corrected chi connectivity index (χ4v) is 2.09. The lowest BCUT2D eigenvalue weighted by Gasteiger charge is -2.24. The minimum Gasteiger partial charge on any atom is -0.303 e. The van der Waals surface area contributed by atoms with Gasteiger partial charge >= 0.3 is 0 Å². The van der Waals surface area contributed by atoms with Crippen LogP contribution in [0.1, 0.15) is 51.9 Å². The van der Waals surface area contributed by atoms with Gasteiger partial charge in [0, 0.05) is 25.3 Å². The van der Waals surface area contributed by atoms with E-state index in [1.807, 2.05) is 0 Å². The number of aldehydes is 1. The first-order valence-corrected chi connectivity index (χ1v) is 5.99. The SMILES string of the molecule is CCCCC[C@H](CC=O)N1C(=O)CCC1=O. The topological polar surface area (TPSA) is 54.5 Å². The summed E-state index contributed by atoms with van der Waals surface area (Å²) in [7, 11) is 0. The zero-order chi connectivity index (χ0) is 12.0. The molecule has 0 bridgehead atoms. The Kier molecular flexibility index (Phi) is 5.15. The summed E-state index contributed by atoms with van der Waals surface area (Å²) in [5.74, 6) is -0.235. The lowest BCUT2D eigenvalue weighted by Crippen LogP contribution is -2.39. The summed E-state index contributed by atoms with van der Waals surface area (Å²) in [6.07, 6.45) is 5.58. The van der Waals surface area contributed by atoms with Crippen LogP contribution in [0.25, 0.3) is 0 Å². The Morgan fingerprint density at radius 1 is 1.25 bits per heavy atom. The molecule has 1 atom stereocenters. The van der Waals surface area contributed by atoms with Gasteiger partial charge in [-0.05, 0) is 6.42 Å². The summed E-state index contributed by atoms with van der Waals surface area (Å²) in [4.78, 5) is 34.9. The lowest BCUT2D eigenvalue weighted by atomic mass is 10.0. The standard InChI is InChI=1S/C12H19NO3/c1-2-3-4-5-10(8-9-14)13-11(15)6-7-12(13)16/h9-10H,2-8H2,1H3/t10-/m1/s1. The molecule has 0 unspecified atom stereocenters. The van der Waals surface area contributed by atoms with Crippen LogP contribution in [0.5, 0.6) is 0 Å². The van der Waals surface area contributed by atoms with E-state index in [0.717, 1.165) is 32.0 Å². The number of amides is 2. The fraction of sp³-hybridized carbons (Fsp3) is 0.750. The molecule has 1 rings (SSSR count). The third-order valence-electron chi connectivity index (χ3n) is 2.96. The normalized spacial score (nSPS) is 17.9. The van der Waals surface area contributed by atoms with E-state index in [0.29, 0.717) is 12.8 Å². The van der Waals surface area contributed by atoms with Crippen LogP contribution in [0.2, 0.25) is 0 Å². The summed E-state index contributed by atoms with van der Waals surface area (Å²) in [6.45, 7) is 2.10. The van der Waals surface area contributed by atoms with Crippen LogP contribution in [-0.2, 0) is 14.4 Å². The Morgan fingerprint density at radius 2 is 1.88 bits per heavy atom. The molecule has 0 aromatic carbocycles. The van der Waals surface area contributed by atoms with Crippen LogP contribution in [0.15, 0.2) is 0 Å². The highest BCUT2D eigenvalue weighted by atomic mass is 16.2. The maximum atomic E-state index is 11.5. The van der Waals surface area contributed by atoms with Crippen molar-refractivity contribution in [2.24, 2.45) is 0 Å². The molecule has 0 aromatic rings. The maximum absolute atomic E-state index is 11.5. The van der Waals surface area contributed by atoms with Crippen LogP contribution in [-0.4, -0.2) is 29.0 Å². The van der Waals surface area contributed by atoms with Crippen molar-refractivity contribution in [1.82, 2.24) is 4.90 Å². The molecular formula is C12H19NO3. The van der Waals surface area contributed by atoms with Crippen LogP contribution >= 0.6 is 0 Å². The Labute approximate surface area is 96.0 Å². The van der Waals surface area contributed by atoms with Gasteiger partial charge in [0.25, 0.3) is 0 Å². The van der Waals surface area contributed by atoms with Gasteiger partial charge in [-0.2, -0.15) is 0 Å². The molecule has 1 fully saturated rings. The van der Waals surface area contributed by atoms with Gasteiger partial charge in [0.1, 0.15) is 6.29 Å². The van der Waals surface area contributed by atoms with Gasteiger partial charge in [-0.3, -0.25) is 14.5 Å². The zero-order valence-corrected chi connectivity index (χ0v) is 9.78. The molecule has 0 radical (unpaired) electrons. The van der Waals surface area contributed by atoms with Gasteiger partial charge < -0.3 is 4.79 Å². The first kappa shape index (κ1) is 12.9. The highest BCUT2D eigenvalue weighted by molar-refractivity contribution is 6.02. The minimum atomic E-state index is -0.202. The van der Waals surface area contributed by atoms with Crippen LogP contribution in [0.4, 0.5) is 0 Å². The molecule has 0 aromatic heterocycles. The first-order valence-electron chi connectivity index (χ1n) is 5.99. The van der Waals surface area contributed by atoms with Gasteiger partial charge in [-0.15, -0.1) is 0 Å². The smallest absolute Gasteiger partial charge is 0.229 e. The Balaban J connectivity index is 2.57. The fourth-order valence-electron chi connectivity index (χ4n) is 2.09. The molecule has 4 heteroatoms. The van der Waals surface area contributed by atoms with Gasteiger partial charge in [-0.1, -0.05) is 26.2 Å². The van der Waals surface area contributed by atoms with Crippen molar-refractivity contribution in [2.75, 3.05) is 0 Å².